The predicted octanol–water partition coefficient (Wildman–Crippen LogP) is 14.6. The number of rotatable bonds is 28. The number of aromatic nitrogens is 28. The van der Waals surface area contributed by atoms with Crippen LogP contribution in [0, 0.1) is 0 Å². The summed E-state index contributed by atoms with van der Waals surface area (Å²) in [6, 6.07) is 8.93. The molecule has 602 valence electrons. The monoisotopic (exact) mass is 1560 g/mol. The van der Waals surface area contributed by atoms with Gasteiger partial charge in [0.1, 0.15) is 0 Å². The van der Waals surface area contributed by atoms with Crippen LogP contribution in [-0.2, 0) is 0 Å². The second kappa shape index (κ2) is 36.0. The third kappa shape index (κ3) is 17.4. The van der Waals surface area contributed by atoms with Gasteiger partial charge in [-0.25, -0.2) is 38.0 Å². The van der Waals surface area contributed by atoms with Gasteiger partial charge < -0.3 is 20.4 Å². The summed E-state index contributed by atoms with van der Waals surface area (Å²) in [5.74, 6) is 0. The van der Waals surface area contributed by atoms with Crippen LogP contribution >= 0.6 is 0 Å². The van der Waals surface area contributed by atoms with E-state index in [4.69, 9.17) is 19.9 Å². The molecule has 16 rings (SSSR count). The molecule has 0 bridgehead atoms. The largest absolute Gasteiger partial charge is 0.394 e. The Morgan fingerprint density at radius 1 is 0.261 bits per heavy atom. The standard InChI is InChI=1S/3C21H27N7O.C20H25N7O/c3*1-5-18(6-2)27-12-17(10-24-27)21-20-7-8-22-28(20)13-19(25-21)16-9-23-26(11-16)14(3)15(4)29;1-4-17(5-2)26-11-16(9-23-26)20-19-6-7-21-27(19)12-18(24-20)15-8-22-25(10-15)14(3)13-28/h3*7-15,18,29H,5-6H2,1-4H3;6-12,14,17,28H,4-5,13H2,1-3H3/t14-,15+;2*14-,15-;14-/m0100/s1. The molecule has 0 aliphatic heterocycles. The van der Waals surface area contributed by atoms with Crippen molar-refractivity contribution in [1.82, 2.24) is 137 Å². The van der Waals surface area contributed by atoms with Crippen molar-refractivity contribution in [2.45, 2.75) is 222 Å². The van der Waals surface area contributed by atoms with E-state index >= 15 is 0 Å². The molecule has 0 unspecified atom stereocenters. The quantitative estimate of drug-likeness (QED) is 0.0354. The van der Waals surface area contributed by atoms with Crippen molar-refractivity contribution >= 4 is 22.1 Å². The molecule has 0 aliphatic rings. The Morgan fingerprint density at radius 3 is 0.678 bits per heavy atom. The first-order chi connectivity index (χ1) is 55.7. The fraction of sp³-hybridized carbons (Fsp3) is 0.422. The fourth-order valence-electron chi connectivity index (χ4n) is 13.9. The lowest BCUT2D eigenvalue weighted by Crippen LogP contribution is -2.18. The Morgan fingerprint density at radius 2 is 0.461 bits per heavy atom. The van der Waals surface area contributed by atoms with Gasteiger partial charge in [-0.2, -0.15) is 61.2 Å². The zero-order valence-corrected chi connectivity index (χ0v) is 68.2. The molecule has 16 aromatic rings. The smallest absolute Gasteiger partial charge is 0.0999 e. The van der Waals surface area contributed by atoms with E-state index < -0.39 is 18.3 Å². The molecule has 115 heavy (non-hydrogen) atoms. The van der Waals surface area contributed by atoms with Crippen LogP contribution in [0.15, 0.2) is 173 Å². The molecule has 16 heterocycles. The molecule has 16 aromatic heterocycles. The second-order valence-electron chi connectivity index (χ2n) is 29.6. The average Bonchev–Trinajstić information content (AvgIpc) is 1.68. The van der Waals surface area contributed by atoms with E-state index in [1.165, 1.54) is 0 Å². The molecule has 0 radical (unpaired) electrons. The molecular weight excluding hydrogens is 1450 g/mol. The highest BCUT2D eigenvalue weighted by molar-refractivity contribution is 5.81. The minimum atomic E-state index is -0.490. The molecule has 0 aliphatic carbocycles. The topological polar surface area (TPSA) is 344 Å². The van der Waals surface area contributed by atoms with Crippen molar-refractivity contribution in [2.24, 2.45) is 0 Å². The molecule has 0 aromatic carbocycles. The SMILES string of the molecule is CCC(CC)n1cc(-c2nc(-c3cnn([C@@H](C)CO)c3)cn3nccc23)cn1.CCC(CC)n1cc(-c2nc(-c3cnn([C@@H](C)[C@@H](C)O)c3)cn3nccc23)cn1.CCC(CC)n1cc(-c2nc(-c3cnn([C@@H](C)[C@H](C)O)c3)cn3nccc23)cn1.CCC(CC)n1cc(-c2nc(-c3cnn([C@H](C)[C@@H](C)O)c3)cn3nccc23)cn1. The third-order valence-corrected chi connectivity index (χ3v) is 22.0. The first kappa shape index (κ1) is 81.0. The maximum atomic E-state index is 9.85. The highest BCUT2D eigenvalue weighted by Gasteiger charge is 2.24. The van der Waals surface area contributed by atoms with E-state index in [9.17, 15) is 20.4 Å². The van der Waals surface area contributed by atoms with Gasteiger partial charge in [-0.1, -0.05) is 55.4 Å². The number of fused-ring (bicyclic) bond motifs is 4. The minimum Gasteiger partial charge on any atom is -0.394 e. The maximum Gasteiger partial charge on any atom is 0.0999 e. The highest BCUT2D eigenvalue weighted by Crippen LogP contribution is 2.35. The minimum absolute atomic E-state index is 0.0349. The van der Waals surface area contributed by atoms with E-state index in [2.05, 4.69) is 141 Å². The zero-order valence-electron chi connectivity index (χ0n) is 68.2. The van der Waals surface area contributed by atoms with Crippen LogP contribution in [0.5, 0.6) is 0 Å². The highest BCUT2D eigenvalue weighted by atomic mass is 16.3. The molecule has 32 nitrogen and oxygen atoms in total. The normalized spacial score (nSPS) is 13.7. The first-order valence-electron chi connectivity index (χ1n) is 40.1. The van der Waals surface area contributed by atoms with Crippen molar-refractivity contribution in [2.75, 3.05) is 6.61 Å². The van der Waals surface area contributed by atoms with E-state index in [0.717, 1.165) is 163 Å². The van der Waals surface area contributed by atoms with Crippen LogP contribution in [0.25, 0.3) is 112 Å². The Kier molecular flexibility index (Phi) is 25.4. The fourth-order valence-corrected chi connectivity index (χ4v) is 13.9. The Hall–Kier alpha value is -12.0. The maximum absolute atomic E-state index is 9.85. The van der Waals surface area contributed by atoms with Crippen LogP contribution in [0.3, 0.4) is 0 Å². The van der Waals surface area contributed by atoms with Crippen LogP contribution in [0.1, 0.15) is 204 Å². The van der Waals surface area contributed by atoms with Gasteiger partial charge in [-0.05, 0) is 124 Å². The lowest BCUT2D eigenvalue weighted by Gasteiger charge is -2.14. The van der Waals surface area contributed by atoms with E-state index in [0.29, 0.717) is 24.2 Å². The summed E-state index contributed by atoms with van der Waals surface area (Å²) in [7, 11) is 0. The van der Waals surface area contributed by atoms with Crippen LogP contribution in [0.4, 0.5) is 0 Å². The van der Waals surface area contributed by atoms with E-state index in [1.807, 2.05) is 163 Å². The van der Waals surface area contributed by atoms with Gasteiger partial charge in [0.25, 0.3) is 0 Å². The van der Waals surface area contributed by atoms with Crippen LogP contribution in [-0.4, -0.2) is 182 Å². The van der Waals surface area contributed by atoms with Gasteiger partial charge in [0.05, 0.1) is 240 Å². The summed E-state index contributed by atoms with van der Waals surface area (Å²) in [5.41, 5.74) is 17.6. The average molecular weight is 1560 g/mol. The molecule has 0 saturated carbocycles. The number of nitrogens with zero attached hydrogens (tertiary/aromatic N) is 28. The number of hydrogen-bond donors (Lipinski definition) is 4. The Bertz CT molecular complexity index is 5370. The number of hydrogen-bond acceptors (Lipinski definition) is 20. The van der Waals surface area contributed by atoms with Crippen molar-refractivity contribution in [1.29, 1.82) is 0 Å². The third-order valence-electron chi connectivity index (χ3n) is 22.0. The summed E-state index contributed by atoms with van der Waals surface area (Å²) < 4.78 is 22.5. The van der Waals surface area contributed by atoms with Crippen LogP contribution in [0.2, 0.25) is 0 Å². The van der Waals surface area contributed by atoms with Gasteiger partial charge >= 0.3 is 0 Å². The summed E-state index contributed by atoms with van der Waals surface area (Å²) in [4.78, 5) is 19.7. The summed E-state index contributed by atoms with van der Waals surface area (Å²) in [6.07, 6.45) is 52.0. The van der Waals surface area contributed by atoms with E-state index in [-0.39, 0.29) is 30.8 Å². The molecule has 7 atom stereocenters. The summed E-state index contributed by atoms with van der Waals surface area (Å²) >= 11 is 0. The lowest BCUT2D eigenvalue weighted by atomic mass is 10.1. The molecule has 0 saturated heterocycles. The summed E-state index contributed by atoms with van der Waals surface area (Å²) in [6.45, 7) is 30.4. The second-order valence-corrected chi connectivity index (χ2v) is 29.6. The van der Waals surface area contributed by atoms with Crippen molar-refractivity contribution in [3.63, 3.8) is 0 Å². The van der Waals surface area contributed by atoms with Gasteiger partial charge in [-0.3, -0.25) is 37.5 Å². The Balaban J connectivity index is 0.000000134. The molecule has 0 amide bonds. The molecular formula is C83H106N28O4. The van der Waals surface area contributed by atoms with Gasteiger partial charge in [0.2, 0.25) is 0 Å². The van der Waals surface area contributed by atoms with Crippen molar-refractivity contribution < 1.29 is 20.4 Å². The molecule has 0 spiro atoms. The first-order valence-corrected chi connectivity index (χ1v) is 40.1. The predicted molar refractivity (Wildman–Crippen MR) is 441 cm³/mol. The van der Waals surface area contributed by atoms with Gasteiger partial charge in [0, 0.05) is 94.1 Å². The molecule has 32 heteroatoms. The van der Waals surface area contributed by atoms with Crippen molar-refractivity contribution in [3.05, 3.63) is 173 Å². The number of aliphatic hydroxyl groups is 4. The summed E-state index contributed by atoms with van der Waals surface area (Å²) in [5, 5.41) is 92.4. The van der Waals surface area contributed by atoms with Crippen LogP contribution < -0.4 is 0 Å². The molecule has 4 N–H and O–H groups in total. The van der Waals surface area contributed by atoms with Crippen molar-refractivity contribution in [3.8, 4) is 90.1 Å². The van der Waals surface area contributed by atoms with E-state index in [1.54, 1.807) is 89.1 Å². The Labute approximate surface area is 667 Å². The van der Waals surface area contributed by atoms with Gasteiger partial charge in [-0.15, -0.1) is 0 Å². The number of aliphatic hydroxyl groups excluding tert-OH is 4. The van der Waals surface area contributed by atoms with Gasteiger partial charge in [0.15, 0.2) is 0 Å². The lowest BCUT2D eigenvalue weighted by molar-refractivity contribution is 0.132. The molecule has 0 fully saturated rings. The zero-order chi connectivity index (χ0) is 81.3.